The van der Waals surface area contributed by atoms with Gasteiger partial charge in [0.25, 0.3) is 5.91 Å². The average molecular weight is 417 g/mol. The Hall–Kier alpha value is -3.37. The number of amides is 1. The summed E-state index contributed by atoms with van der Waals surface area (Å²) in [6.07, 6.45) is 0. The second kappa shape index (κ2) is 9.22. The molecule has 10 heteroatoms. The molecule has 0 aliphatic carbocycles. The van der Waals surface area contributed by atoms with Crippen LogP contribution in [0, 0.1) is 0 Å². The van der Waals surface area contributed by atoms with Crippen LogP contribution in [0.1, 0.15) is 0 Å². The lowest BCUT2D eigenvalue weighted by Gasteiger charge is -2.13. The average Bonchev–Trinajstić information content (AvgIpc) is 3.26. The van der Waals surface area contributed by atoms with Gasteiger partial charge in [0.2, 0.25) is 5.75 Å². The third kappa shape index (κ3) is 4.55. The highest BCUT2D eigenvalue weighted by Crippen LogP contribution is 2.42. The van der Waals surface area contributed by atoms with E-state index in [0.29, 0.717) is 33.0 Å². The van der Waals surface area contributed by atoms with Crippen molar-refractivity contribution in [1.82, 2.24) is 15.7 Å². The molecule has 0 aliphatic rings. The van der Waals surface area contributed by atoms with Crippen LogP contribution in [-0.2, 0) is 4.79 Å². The van der Waals surface area contributed by atoms with E-state index >= 15 is 0 Å². The van der Waals surface area contributed by atoms with E-state index in [9.17, 15) is 4.79 Å². The SMILES string of the molecule is COc1cc(-c2nnc(-c3ccc(OCC(=O)NO)cc3)s2)cc(OC)c1OC. The van der Waals surface area contributed by atoms with Gasteiger partial charge in [-0.25, -0.2) is 5.48 Å². The molecule has 2 N–H and O–H groups in total. The maximum Gasteiger partial charge on any atom is 0.281 e. The number of hydrogen-bond donors (Lipinski definition) is 2. The Labute approximate surface area is 170 Å². The van der Waals surface area contributed by atoms with Gasteiger partial charge in [0, 0.05) is 11.1 Å². The fraction of sp³-hybridized carbons (Fsp3) is 0.211. The number of aromatic nitrogens is 2. The van der Waals surface area contributed by atoms with Crippen molar-refractivity contribution >= 4 is 17.2 Å². The summed E-state index contributed by atoms with van der Waals surface area (Å²) in [5.74, 6) is 1.44. The summed E-state index contributed by atoms with van der Waals surface area (Å²) in [6.45, 7) is -0.278. The molecule has 0 unspecified atom stereocenters. The predicted octanol–water partition coefficient (Wildman–Crippen LogP) is 2.78. The number of ether oxygens (including phenoxy) is 4. The Morgan fingerprint density at radius 2 is 1.55 bits per heavy atom. The van der Waals surface area contributed by atoms with Crippen LogP contribution in [0.15, 0.2) is 36.4 Å². The normalized spacial score (nSPS) is 10.3. The van der Waals surface area contributed by atoms with Crippen LogP contribution in [0.4, 0.5) is 0 Å². The molecule has 0 bridgehead atoms. The number of methoxy groups -OCH3 is 3. The zero-order valence-corrected chi connectivity index (χ0v) is 16.8. The first-order chi connectivity index (χ1) is 14.1. The smallest absolute Gasteiger partial charge is 0.281 e. The molecule has 0 saturated carbocycles. The Kier molecular flexibility index (Phi) is 6.47. The summed E-state index contributed by atoms with van der Waals surface area (Å²) in [5, 5.41) is 18.4. The zero-order chi connectivity index (χ0) is 20.8. The summed E-state index contributed by atoms with van der Waals surface area (Å²) in [6, 6.07) is 10.7. The van der Waals surface area contributed by atoms with E-state index in [4.69, 9.17) is 24.2 Å². The number of benzene rings is 2. The van der Waals surface area contributed by atoms with Gasteiger partial charge >= 0.3 is 0 Å². The standard InChI is InChI=1S/C19H19N3O6S/c1-25-14-8-12(9-15(26-2)17(14)27-3)19-21-20-18(29-19)11-4-6-13(7-5-11)28-10-16(23)22-24/h4-9,24H,10H2,1-3H3,(H,22,23). The van der Waals surface area contributed by atoms with Crippen LogP contribution in [0.25, 0.3) is 21.1 Å². The first-order valence-corrected chi connectivity index (χ1v) is 9.21. The maximum atomic E-state index is 11.0. The van der Waals surface area contributed by atoms with E-state index < -0.39 is 5.91 Å². The molecular formula is C19H19N3O6S. The summed E-state index contributed by atoms with van der Waals surface area (Å²) >= 11 is 1.41. The molecule has 0 aliphatic heterocycles. The van der Waals surface area contributed by atoms with E-state index in [-0.39, 0.29) is 6.61 Å². The largest absolute Gasteiger partial charge is 0.493 e. The van der Waals surface area contributed by atoms with Crippen LogP contribution in [0.5, 0.6) is 23.0 Å². The van der Waals surface area contributed by atoms with Gasteiger partial charge in [0.1, 0.15) is 15.8 Å². The van der Waals surface area contributed by atoms with Gasteiger partial charge in [-0.3, -0.25) is 10.0 Å². The zero-order valence-electron chi connectivity index (χ0n) is 16.0. The molecule has 0 spiro atoms. The van der Waals surface area contributed by atoms with E-state index in [2.05, 4.69) is 10.2 Å². The number of carbonyl (C=O) groups excluding carboxylic acids is 1. The van der Waals surface area contributed by atoms with Gasteiger partial charge < -0.3 is 18.9 Å². The fourth-order valence-electron chi connectivity index (χ4n) is 2.54. The van der Waals surface area contributed by atoms with E-state index in [1.165, 1.54) is 16.8 Å². The van der Waals surface area contributed by atoms with Crippen molar-refractivity contribution in [2.75, 3.05) is 27.9 Å². The van der Waals surface area contributed by atoms with Gasteiger partial charge in [-0.15, -0.1) is 10.2 Å². The minimum atomic E-state index is -0.631. The highest BCUT2D eigenvalue weighted by atomic mass is 32.1. The van der Waals surface area contributed by atoms with Crippen molar-refractivity contribution in [3.8, 4) is 44.1 Å². The number of carbonyl (C=O) groups is 1. The molecule has 29 heavy (non-hydrogen) atoms. The molecular weight excluding hydrogens is 398 g/mol. The van der Waals surface area contributed by atoms with Gasteiger partial charge in [-0.05, 0) is 36.4 Å². The van der Waals surface area contributed by atoms with Crippen molar-refractivity contribution in [2.24, 2.45) is 0 Å². The Balaban J connectivity index is 1.83. The van der Waals surface area contributed by atoms with Crippen molar-refractivity contribution in [3.63, 3.8) is 0 Å². The van der Waals surface area contributed by atoms with Crippen molar-refractivity contribution in [1.29, 1.82) is 0 Å². The third-order valence-corrected chi connectivity index (χ3v) is 4.95. The molecule has 152 valence electrons. The maximum absolute atomic E-state index is 11.0. The van der Waals surface area contributed by atoms with Gasteiger partial charge in [-0.2, -0.15) is 0 Å². The van der Waals surface area contributed by atoms with Crippen molar-refractivity contribution in [3.05, 3.63) is 36.4 Å². The van der Waals surface area contributed by atoms with Gasteiger partial charge in [0.15, 0.2) is 18.1 Å². The quantitative estimate of drug-likeness (QED) is 0.425. The molecule has 0 atom stereocenters. The lowest BCUT2D eigenvalue weighted by Crippen LogP contribution is -2.25. The highest BCUT2D eigenvalue weighted by Gasteiger charge is 2.17. The minimum Gasteiger partial charge on any atom is -0.493 e. The first-order valence-electron chi connectivity index (χ1n) is 8.39. The number of hydrogen-bond acceptors (Lipinski definition) is 9. The molecule has 3 rings (SSSR count). The lowest BCUT2D eigenvalue weighted by atomic mass is 10.2. The minimum absolute atomic E-state index is 0.278. The molecule has 1 amide bonds. The Morgan fingerprint density at radius 3 is 2.07 bits per heavy atom. The second-order valence-electron chi connectivity index (χ2n) is 5.67. The molecule has 1 heterocycles. The van der Waals surface area contributed by atoms with Crippen molar-refractivity contribution in [2.45, 2.75) is 0 Å². The molecule has 0 saturated heterocycles. The summed E-state index contributed by atoms with van der Waals surface area (Å²) in [4.78, 5) is 11.0. The molecule has 3 aromatic rings. The van der Waals surface area contributed by atoms with E-state index in [1.54, 1.807) is 33.5 Å². The summed E-state index contributed by atoms with van der Waals surface area (Å²) in [5.41, 5.74) is 3.15. The Morgan fingerprint density at radius 1 is 0.966 bits per heavy atom. The monoisotopic (exact) mass is 417 g/mol. The van der Waals surface area contributed by atoms with Gasteiger partial charge in [0.05, 0.1) is 21.3 Å². The first kappa shape index (κ1) is 20.4. The van der Waals surface area contributed by atoms with Crippen LogP contribution in [-0.4, -0.2) is 49.2 Å². The second-order valence-corrected chi connectivity index (χ2v) is 6.65. The third-order valence-electron chi connectivity index (χ3n) is 3.93. The van der Waals surface area contributed by atoms with Crippen molar-refractivity contribution < 1.29 is 28.9 Å². The van der Waals surface area contributed by atoms with Crippen LogP contribution in [0.2, 0.25) is 0 Å². The number of hydroxylamine groups is 1. The molecule has 0 fully saturated rings. The number of nitrogens with one attached hydrogen (secondary N) is 1. The number of nitrogens with zero attached hydrogens (tertiary/aromatic N) is 2. The van der Waals surface area contributed by atoms with Crippen LogP contribution >= 0.6 is 11.3 Å². The lowest BCUT2D eigenvalue weighted by molar-refractivity contribution is -0.131. The fourth-order valence-corrected chi connectivity index (χ4v) is 3.37. The molecule has 9 nitrogen and oxygen atoms in total. The summed E-state index contributed by atoms with van der Waals surface area (Å²) < 4.78 is 21.4. The molecule has 0 radical (unpaired) electrons. The van der Waals surface area contributed by atoms with Crippen LogP contribution < -0.4 is 24.4 Å². The van der Waals surface area contributed by atoms with E-state index in [1.807, 2.05) is 24.3 Å². The number of rotatable bonds is 8. The van der Waals surface area contributed by atoms with Crippen LogP contribution in [0.3, 0.4) is 0 Å². The topological polar surface area (TPSA) is 112 Å². The van der Waals surface area contributed by atoms with E-state index in [0.717, 1.165) is 11.1 Å². The molecule has 2 aromatic carbocycles. The van der Waals surface area contributed by atoms with Gasteiger partial charge in [-0.1, -0.05) is 11.3 Å². The Bertz CT molecular complexity index is 965. The highest BCUT2D eigenvalue weighted by molar-refractivity contribution is 7.17. The summed E-state index contributed by atoms with van der Waals surface area (Å²) in [7, 11) is 4.66. The molecule has 1 aromatic heterocycles. The predicted molar refractivity (Wildman–Crippen MR) is 106 cm³/mol.